The fourth-order valence-corrected chi connectivity index (χ4v) is 18.1. The van der Waals surface area contributed by atoms with Gasteiger partial charge in [0.1, 0.15) is 49.2 Å². The Hall–Kier alpha value is -9.04. The van der Waals surface area contributed by atoms with Crippen LogP contribution in [-0.4, -0.2) is 9.13 Å². The molecule has 392 valence electrons. The summed E-state index contributed by atoms with van der Waals surface area (Å²) in [6.07, 6.45) is 0. The van der Waals surface area contributed by atoms with E-state index in [9.17, 15) is 0 Å². The van der Waals surface area contributed by atoms with E-state index in [0.717, 1.165) is 142 Å². The van der Waals surface area contributed by atoms with Crippen LogP contribution in [0.3, 0.4) is 0 Å². The highest BCUT2D eigenvalue weighted by atomic mass is 32.1. The number of benzene rings is 8. The van der Waals surface area contributed by atoms with Crippen LogP contribution >= 0.6 is 45.3 Å². The first kappa shape index (κ1) is 45.7. The molecular weight excluding hydrogens is 1090 g/mol. The number of fused-ring (bicyclic) bond motifs is 28. The largest absolute Gasteiger partial charge is 0.454 e. The van der Waals surface area contributed by atoms with Gasteiger partial charge in [-0.15, -0.1) is 45.3 Å². The van der Waals surface area contributed by atoms with Crippen LogP contribution < -0.4 is 0 Å². The Bertz CT molecular complexity index is 6190. The minimum Gasteiger partial charge on any atom is -0.454 e. The lowest BCUT2D eigenvalue weighted by Gasteiger charge is -2.07. The van der Waals surface area contributed by atoms with Crippen LogP contribution in [0, 0.1) is 41.5 Å². The Morgan fingerprint density at radius 3 is 1.41 bits per heavy atom. The summed E-state index contributed by atoms with van der Waals surface area (Å²) in [5.41, 5.74) is 24.2. The first-order valence-corrected chi connectivity index (χ1v) is 30.6. The van der Waals surface area contributed by atoms with E-state index in [1.807, 2.05) is 22.7 Å². The highest BCUT2D eigenvalue weighted by Crippen LogP contribution is 2.53. The zero-order valence-electron chi connectivity index (χ0n) is 44.8. The maximum absolute atomic E-state index is 6.75. The molecule has 0 bridgehead atoms. The molecule has 0 spiro atoms. The van der Waals surface area contributed by atoms with Crippen molar-refractivity contribution in [1.29, 1.82) is 0 Å². The van der Waals surface area contributed by atoms with Gasteiger partial charge in [-0.25, -0.2) is 0 Å². The molecule has 12 heterocycles. The molecule has 8 nitrogen and oxygen atoms in total. The van der Waals surface area contributed by atoms with Gasteiger partial charge in [0, 0.05) is 58.5 Å². The third-order valence-corrected chi connectivity index (χ3v) is 21.7. The highest BCUT2D eigenvalue weighted by molar-refractivity contribution is 7.37. The van der Waals surface area contributed by atoms with Gasteiger partial charge in [0.15, 0.2) is 39.1 Å². The molecule has 0 unspecified atom stereocenters. The monoisotopic (exact) mass is 1130 g/mol. The van der Waals surface area contributed by atoms with Gasteiger partial charge in [0.05, 0.1) is 34.4 Å². The summed E-state index contributed by atoms with van der Waals surface area (Å²) in [6.45, 7) is 12.7. The van der Waals surface area contributed by atoms with Crippen molar-refractivity contribution in [3.8, 4) is 11.4 Å². The summed E-state index contributed by atoms with van der Waals surface area (Å²) in [7, 11) is 0. The van der Waals surface area contributed by atoms with Gasteiger partial charge in [-0.3, -0.25) is 0 Å². The average Bonchev–Trinajstić information content (AvgIpc) is 2.66. The Balaban J connectivity index is 0.000000122. The van der Waals surface area contributed by atoms with E-state index in [4.69, 9.17) is 26.5 Å². The van der Waals surface area contributed by atoms with Crippen LogP contribution in [0.25, 0.3) is 181 Å². The van der Waals surface area contributed by atoms with Gasteiger partial charge in [0.2, 0.25) is 0 Å². The minimum absolute atomic E-state index is 0.762. The molecule has 0 N–H and O–H groups in total. The molecule has 0 atom stereocenters. The van der Waals surface area contributed by atoms with Crippen molar-refractivity contribution in [3.63, 3.8) is 0 Å². The van der Waals surface area contributed by atoms with Crippen LogP contribution in [0.2, 0.25) is 0 Å². The van der Waals surface area contributed by atoms with Gasteiger partial charge >= 0.3 is 0 Å². The van der Waals surface area contributed by atoms with Crippen molar-refractivity contribution in [2.24, 2.45) is 0 Å². The van der Waals surface area contributed by atoms with Gasteiger partial charge in [-0.1, -0.05) is 65.7 Å². The topological polar surface area (TPSA) is 88.7 Å². The van der Waals surface area contributed by atoms with Crippen LogP contribution in [0.1, 0.15) is 33.4 Å². The zero-order valence-corrected chi connectivity index (χ0v) is 48.1. The Morgan fingerprint density at radius 1 is 0.256 bits per heavy atom. The molecule has 0 radical (unpaired) electrons. The van der Waals surface area contributed by atoms with Crippen molar-refractivity contribution in [3.05, 3.63) is 179 Å². The number of furan rings is 6. The number of hydrogen-bond donors (Lipinski definition) is 0. The molecule has 0 aliphatic rings. The van der Waals surface area contributed by atoms with E-state index < -0.39 is 0 Å². The van der Waals surface area contributed by atoms with E-state index in [1.165, 1.54) is 72.4 Å². The third-order valence-electron chi connectivity index (χ3n) is 16.8. The summed E-state index contributed by atoms with van der Waals surface area (Å²) in [5.74, 6) is 0. The SMILES string of the molecule is Cc1ccc(-n2c3c4ccc(C)cc4oc3c3sc4c5cc6oc7c8ccc(C)cc8sc7c6cc5oc4c32)cc1.Cc1ccc(-n2c3cc(C)ccc3c3oc4c5cc6oc7c(sc8c9ccc(C)cc9sc78)c6cc5oc4c32)cc1. The van der Waals surface area contributed by atoms with Gasteiger partial charge < -0.3 is 35.6 Å². The molecule has 20 rings (SSSR count). The third kappa shape index (κ3) is 6.08. The Labute approximate surface area is 479 Å². The summed E-state index contributed by atoms with van der Waals surface area (Å²) in [4.78, 5) is 0. The average molecular weight is 1140 g/mol. The van der Waals surface area contributed by atoms with Crippen LogP contribution in [0.4, 0.5) is 0 Å². The molecule has 0 saturated carbocycles. The van der Waals surface area contributed by atoms with Crippen molar-refractivity contribution < 1.29 is 26.5 Å². The van der Waals surface area contributed by atoms with Crippen LogP contribution in [0.5, 0.6) is 0 Å². The highest BCUT2D eigenvalue weighted by Gasteiger charge is 2.29. The number of hydrogen-bond acceptors (Lipinski definition) is 10. The maximum Gasteiger partial charge on any atom is 0.198 e. The molecule has 8 aromatic carbocycles. The normalized spacial score (nSPS) is 12.8. The number of nitrogens with zero attached hydrogens (tertiary/aromatic N) is 2. The standard InChI is InChI=1S/2C35H21NO3S2/c1-16-4-8-19(9-5-16)36-24-12-17(2)6-10-20(24)29-28(36)31-30(39-29)22-14-26-23(15-25(22)37-31)33-32(38-26)35-34(41-33)21-11-7-18(3)13-27(21)40-35;1-16-4-8-19(9-5-16)36-28-20-10-6-17(2)12-24(20)38-31(28)35-29(36)32-34(41-35)23-15-25-22(14-26(23)39-32)33-30(37-25)21-11-7-18(3)13-27(21)40-33/h2*4-15H,1-3H3. The molecule has 0 aliphatic carbocycles. The van der Waals surface area contributed by atoms with Crippen molar-refractivity contribution in [1.82, 2.24) is 9.13 Å². The second kappa shape index (κ2) is 15.9. The predicted molar refractivity (Wildman–Crippen MR) is 345 cm³/mol. The molecule has 0 saturated heterocycles. The van der Waals surface area contributed by atoms with E-state index in [-0.39, 0.29) is 0 Å². The van der Waals surface area contributed by atoms with E-state index in [2.05, 4.69) is 196 Å². The Kier molecular flexibility index (Phi) is 8.85. The van der Waals surface area contributed by atoms with Gasteiger partial charge in [-0.2, -0.15) is 0 Å². The lowest BCUT2D eigenvalue weighted by Crippen LogP contribution is -1.93. The lowest BCUT2D eigenvalue weighted by atomic mass is 10.1. The minimum atomic E-state index is 0.762. The first-order valence-electron chi connectivity index (χ1n) is 27.3. The zero-order chi connectivity index (χ0) is 54.3. The summed E-state index contributed by atoms with van der Waals surface area (Å²) in [6, 6.07) is 52.1. The summed E-state index contributed by atoms with van der Waals surface area (Å²) in [5, 5.41) is 8.86. The number of aromatic nitrogens is 2. The second-order valence-electron chi connectivity index (χ2n) is 22.4. The fourth-order valence-electron chi connectivity index (χ4n) is 12.9. The summed E-state index contributed by atoms with van der Waals surface area (Å²) < 4.78 is 54.0. The molecule has 0 fully saturated rings. The van der Waals surface area contributed by atoms with E-state index in [1.54, 1.807) is 22.7 Å². The molecular formula is C70H42N2O6S4. The smallest absolute Gasteiger partial charge is 0.198 e. The van der Waals surface area contributed by atoms with E-state index >= 15 is 0 Å². The molecule has 0 amide bonds. The Morgan fingerprint density at radius 2 is 0.720 bits per heavy atom. The molecule has 82 heavy (non-hydrogen) atoms. The number of thiophene rings is 4. The number of aryl methyl sites for hydroxylation is 6. The predicted octanol–water partition coefficient (Wildman–Crippen LogP) is 23.1. The van der Waals surface area contributed by atoms with E-state index in [0.29, 0.717) is 0 Å². The van der Waals surface area contributed by atoms with Gasteiger partial charge in [0.25, 0.3) is 0 Å². The van der Waals surface area contributed by atoms with Crippen LogP contribution in [0.15, 0.2) is 172 Å². The van der Waals surface area contributed by atoms with Crippen molar-refractivity contribution >= 4 is 215 Å². The molecule has 12 heteroatoms. The number of rotatable bonds is 2. The lowest BCUT2D eigenvalue weighted by molar-refractivity contribution is 0.654. The quantitative estimate of drug-likeness (QED) is 0.171. The molecule has 20 aromatic rings. The molecule has 0 aliphatic heterocycles. The van der Waals surface area contributed by atoms with Gasteiger partial charge in [-0.05, 0) is 155 Å². The van der Waals surface area contributed by atoms with Crippen molar-refractivity contribution in [2.45, 2.75) is 41.5 Å². The molecule has 12 aromatic heterocycles. The fraction of sp³-hybridized carbons (Fsp3) is 0.0857. The maximum atomic E-state index is 6.75. The van der Waals surface area contributed by atoms with Crippen molar-refractivity contribution in [2.75, 3.05) is 0 Å². The summed E-state index contributed by atoms with van der Waals surface area (Å²) >= 11 is 7.16. The first-order chi connectivity index (χ1) is 40.0. The van der Waals surface area contributed by atoms with Crippen LogP contribution in [-0.2, 0) is 0 Å². The second-order valence-corrected chi connectivity index (χ2v) is 26.5.